The molecule has 0 bridgehead atoms. The van der Waals surface area contributed by atoms with Gasteiger partial charge in [-0.1, -0.05) is 38.8 Å². The molecular formula is C22H40IN5O. The van der Waals surface area contributed by atoms with Crippen molar-refractivity contribution in [3.63, 3.8) is 0 Å². The summed E-state index contributed by atoms with van der Waals surface area (Å²) in [5.41, 5.74) is 1.78. The first kappa shape index (κ1) is 27.6. The molecule has 0 spiro atoms. The zero-order chi connectivity index (χ0) is 21.1. The van der Waals surface area contributed by atoms with Gasteiger partial charge in [-0.3, -0.25) is 4.79 Å². The summed E-state index contributed by atoms with van der Waals surface area (Å²) in [4.78, 5) is 20.6. The Morgan fingerprint density at radius 1 is 1.00 bits per heavy atom. The van der Waals surface area contributed by atoms with Crippen LogP contribution in [-0.4, -0.2) is 69.0 Å². The first-order valence-electron chi connectivity index (χ1n) is 10.3. The molecule has 1 atom stereocenters. The third-order valence-electron chi connectivity index (χ3n) is 5.11. The monoisotopic (exact) mass is 517 g/mol. The molecule has 0 saturated carbocycles. The molecule has 166 valence electrons. The summed E-state index contributed by atoms with van der Waals surface area (Å²) in [5.74, 6) is 1.50. The van der Waals surface area contributed by atoms with E-state index in [9.17, 15) is 4.79 Å². The lowest BCUT2D eigenvalue weighted by Gasteiger charge is -2.32. The minimum atomic E-state index is 0. The Bertz CT molecular complexity index is 612. The Balaban J connectivity index is 0.00000784. The molecule has 7 heteroatoms. The molecule has 6 nitrogen and oxygen atoms in total. The van der Waals surface area contributed by atoms with Gasteiger partial charge in [0, 0.05) is 38.8 Å². The SMILES string of the molecule is CCNC(=NCc1ccc(C(=O)N(C)C)cc1)NCC(C(CC)CC)N(C)C.I. The number of rotatable bonds is 10. The van der Waals surface area contributed by atoms with E-state index in [1.165, 1.54) is 12.8 Å². The number of carbonyl (C=O) groups excluding carboxylic acids is 1. The van der Waals surface area contributed by atoms with Crippen molar-refractivity contribution in [2.24, 2.45) is 10.9 Å². The number of benzene rings is 1. The van der Waals surface area contributed by atoms with Crippen LogP contribution in [0.15, 0.2) is 29.3 Å². The van der Waals surface area contributed by atoms with E-state index in [0.29, 0.717) is 24.1 Å². The van der Waals surface area contributed by atoms with Crippen LogP contribution in [0.2, 0.25) is 0 Å². The van der Waals surface area contributed by atoms with Crippen LogP contribution in [0.5, 0.6) is 0 Å². The van der Waals surface area contributed by atoms with Crippen LogP contribution in [0.25, 0.3) is 0 Å². The fraction of sp³-hybridized carbons (Fsp3) is 0.636. The Hall–Kier alpha value is -1.35. The van der Waals surface area contributed by atoms with Crippen molar-refractivity contribution in [3.05, 3.63) is 35.4 Å². The summed E-state index contributed by atoms with van der Waals surface area (Å²) in [6, 6.07) is 8.13. The lowest BCUT2D eigenvalue weighted by atomic mass is 9.93. The Morgan fingerprint density at radius 2 is 1.59 bits per heavy atom. The number of amides is 1. The first-order valence-corrected chi connectivity index (χ1v) is 10.3. The van der Waals surface area contributed by atoms with Gasteiger partial charge in [0.2, 0.25) is 0 Å². The van der Waals surface area contributed by atoms with Crippen LogP contribution >= 0.6 is 24.0 Å². The fourth-order valence-electron chi connectivity index (χ4n) is 3.33. The molecular weight excluding hydrogens is 477 g/mol. The Labute approximate surface area is 194 Å². The summed E-state index contributed by atoms with van der Waals surface area (Å²) in [5, 5.41) is 6.83. The number of hydrogen-bond acceptors (Lipinski definition) is 3. The predicted octanol–water partition coefficient (Wildman–Crippen LogP) is 3.43. The van der Waals surface area contributed by atoms with Crippen molar-refractivity contribution in [2.75, 3.05) is 41.3 Å². The normalized spacial score (nSPS) is 12.5. The minimum absolute atomic E-state index is 0. The third-order valence-corrected chi connectivity index (χ3v) is 5.11. The average Bonchev–Trinajstić information content (AvgIpc) is 2.68. The molecule has 0 aromatic heterocycles. The van der Waals surface area contributed by atoms with Gasteiger partial charge >= 0.3 is 0 Å². The molecule has 29 heavy (non-hydrogen) atoms. The largest absolute Gasteiger partial charge is 0.357 e. The second kappa shape index (κ2) is 14.6. The van der Waals surface area contributed by atoms with Crippen molar-refractivity contribution in [1.29, 1.82) is 0 Å². The summed E-state index contributed by atoms with van der Waals surface area (Å²) in [6.07, 6.45) is 2.35. The molecule has 0 aliphatic heterocycles. The van der Waals surface area contributed by atoms with Crippen molar-refractivity contribution in [3.8, 4) is 0 Å². The van der Waals surface area contributed by atoms with E-state index in [2.05, 4.69) is 50.4 Å². The van der Waals surface area contributed by atoms with Crippen molar-refractivity contribution >= 4 is 35.8 Å². The number of hydrogen-bond donors (Lipinski definition) is 2. The topological polar surface area (TPSA) is 60.0 Å². The standard InChI is InChI=1S/C22H39N5O.HI/c1-8-18(9-2)20(26(4)5)16-25-22(23-10-3)24-15-17-11-13-19(14-12-17)21(28)27(6)7;/h11-14,18,20H,8-10,15-16H2,1-7H3,(H2,23,24,25);1H. The number of nitrogens with one attached hydrogen (secondary N) is 2. The van der Waals surface area contributed by atoms with Crippen molar-refractivity contribution < 1.29 is 4.79 Å². The van der Waals surface area contributed by atoms with Gasteiger partial charge in [-0.15, -0.1) is 24.0 Å². The summed E-state index contributed by atoms with van der Waals surface area (Å²) >= 11 is 0. The summed E-state index contributed by atoms with van der Waals surface area (Å²) in [6.45, 7) is 8.84. The lowest BCUT2D eigenvalue weighted by Crippen LogP contribution is -2.48. The summed E-state index contributed by atoms with van der Waals surface area (Å²) < 4.78 is 0. The number of aliphatic imine (C=N–C) groups is 1. The molecule has 2 N–H and O–H groups in total. The van der Waals surface area contributed by atoms with Crippen molar-refractivity contribution in [2.45, 2.75) is 46.2 Å². The van der Waals surface area contributed by atoms with E-state index < -0.39 is 0 Å². The van der Waals surface area contributed by atoms with E-state index in [1.807, 2.05) is 24.3 Å². The van der Waals surface area contributed by atoms with Gasteiger partial charge in [-0.2, -0.15) is 0 Å². The van der Waals surface area contributed by atoms with Gasteiger partial charge in [0.05, 0.1) is 6.54 Å². The van der Waals surface area contributed by atoms with E-state index in [0.717, 1.165) is 24.6 Å². The minimum Gasteiger partial charge on any atom is -0.357 e. The molecule has 1 rings (SSSR count). The highest BCUT2D eigenvalue weighted by molar-refractivity contribution is 14.0. The molecule has 0 fully saturated rings. The molecule has 0 aliphatic rings. The molecule has 1 unspecified atom stereocenters. The summed E-state index contributed by atoms with van der Waals surface area (Å²) in [7, 11) is 7.81. The number of guanidine groups is 1. The molecule has 1 amide bonds. The van der Waals surface area contributed by atoms with Gasteiger partial charge in [0.1, 0.15) is 0 Å². The molecule has 1 aromatic carbocycles. The van der Waals surface area contributed by atoms with Crippen LogP contribution in [0, 0.1) is 5.92 Å². The molecule has 0 heterocycles. The Morgan fingerprint density at radius 3 is 2.03 bits per heavy atom. The predicted molar refractivity (Wildman–Crippen MR) is 134 cm³/mol. The maximum Gasteiger partial charge on any atom is 0.253 e. The average molecular weight is 518 g/mol. The van der Waals surface area contributed by atoms with E-state index >= 15 is 0 Å². The van der Waals surface area contributed by atoms with Crippen LogP contribution in [0.4, 0.5) is 0 Å². The van der Waals surface area contributed by atoms with Crippen LogP contribution in [0.1, 0.15) is 49.5 Å². The zero-order valence-corrected chi connectivity index (χ0v) is 21.5. The van der Waals surface area contributed by atoms with Gasteiger partial charge in [-0.25, -0.2) is 4.99 Å². The molecule has 0 aliphatic carbocycles. The number of likely N-dealkylation sites (N-methyl/N-ethyl adjacent to an activating group) is 1. The van der Waals surface area contributed by atoms with E-state index in [1.54, 1.807) is 19.0 Å². The second-order valence-corrected chi connectivity index (χ2v) is 7.58. The number of nitrogens with zero attached hydrogens (tertiary/aromatic N) is 3. The number of halogens is 1. The maximum atomic E-state index is 12.0. The number of carbonyl (C=O) groups is 1. The van der Waals surface area contributed by atoms with Gasteiger partial charge < -0.3 is 20.4 Å². The maximum absolute atomic E-state index is 12.0. The zero-order valence-electron chi connectivity index (χ0n) is 19.2. The van der Waals surface area contributed by atoms with E-state index in [-0.39, 0.29) is 29.9 Å². The highest BCUT2D eigenvalue weighted by Crippen LogP contribution is 2.16. The van der Waals surface area contributed by atoms with Crippen LogP contribution < -0.4 is 10.6 Å². The van der Waals surface area contributed by atoms with Gasteiger partial charge in [-0.05, 0) is 44.6 Å². The van der Waals surface area contributed by atoms with E-state index in [4.69, 9.17) is 4.99 Å². The highest BCUT2D eigenvalue weighted by Gasteiger charge is 2.20. The van der Waals surface area contributed by atoms with Gasteiger partial charge in [0.25, 0.3) is 5.91 Å². The first-order chi connectivity index (χ1) is 13.3. The Kier molecular flexibility index (Phi) is 13.9. The lowest BCUT2D eigenvalue weighted by molar-refractivity contribution is 0.0827. The molecule has 0 saturated heterocycles. The smallest absolute Gasteiger partial charge is 0.253 e. The quantitative estimate of drug-likeness (QED) is 0.284. The highest BCUT2D eigenvalue weighted by atomic mass is 127. The third kappa shape index (κ3) is 9.33. The van der Waals surface area contributed by atoms with Crippen LogP contribution in [-0.2, 0) is 6.54 Å². The van der Waals surface area contributed by atoms with Crippen molar-refractivity contribution in [1.82, 2.24) is 20.4 Å². The molecule has 0 radical (unpaired) electrons. The fourth-order valence-corrected chi connectivity index (χ4v) is 3.33. The second-order valence-electron chi connectivity index (χ2n) is 7.58. The van der Waals surface area contributed by atoms with Crippen LogP contribution in [0.3, 0.4) is 0 Å². The van der Waals surface area contributed by atoms with Gasteiger partial charge in [0.15, 0.2) is 5.96 Å². The molecule has 1 aromatic rings.